The number of ether oxygens (including phenoxy) is 2. The highest BCUT2D eigenvalue weighted by Crippen LogP contribution is 2.39. The predicted molar refractivity (Wildman–Crippen MR) is 116 cm³/mol. The van der Waals surface area contributed by atoms with E-state index in [0.29, 0.717) is 5.56 Å². The monoisotopic (exact) mass is 460 g/mol. The summed E-state index contributed by atoms with van der Waals surface area (Å²) < 4.78 is 10.2. The van der Waals surface area contributed by atoms with E-state index in [-0.39, 0.29) is 34.2 Å². The fourth-order valence-electron chi connectivity index (χ4n) is 2.69. The molecule has 0 saturated heterocycles. The van der Waals surface area contributed by atoms with Crippen molar-refractivity contribution in [2.75, 3.05) is 11.9 Å². The van der Waals surface area contributed by atoms with Crippen LogP contribution in [0.1, 0.15) is 34.6 Å². The highest BCUT2D eigenvalue weighted by atomic mass is 32.1. The van der Waals surface area contributed by atoms with Gasteiger partial charge in [-0.15, -0.1) is 22.7 Å². The van der Waals surface area contributed by atoms with Gasteiger partial charge in [0.1, 0.15) is 16.3 Å². The van der Waals surface area contributed by atoms with E-state index in [0.717, 1.165) is 35.3 Å². The lowest BCUT2D eigenvalue weighted by Gasteiger charge is -2.10. The van der Waals surface area contributed by atoms with Crippen molar-refractivity contribution in [1.82, 2.24) is 0 Å². The summed E-state index contributed by atoms with van der Waals surface area (Å²) in [6.07, 6.45) is 0. The molecule has 31 heavy (non-hydrogen) atoms. The topological polar surface area (TPSA) is 125 Å². The van der Waals surface area contributed by atoms with Crippen molar-refractivity contribution >= 4 is 51.2 Å². The van der Waals surface area contributed by atoms with Gasteiger partial charge in [-0.25, -0.2) is 4.79 Å². The second kappa shape index (κ2) is 9.49. The van der Waals surface area contributed by atoms with Crippen LogP contribution in [-0.2, 0) is 9.53 Å². The van der Waals surface area contributed by atoms with Crippen LogP contribution in [-0.4, -0.2) is 29.4 Å². The van der Waals surface area contributed by atoms with Crippen molar-refractivity contribution in [3.8, 4) is 16.2 Å². The van der Waals surface area contributed by atoms with Gasteiger partial charge in [-0.2, -0.15) is 0 Å². The molecule has 0 unspecified atom stereocenters. The zero-order valence-corrected chi connectivity index (χ0v) is 18.0. The smallest absolute Gasteiger partial charge is 0.341 e. The number of esters is 2. The van der Waals surface area contributed by atoms with Crippen LogP contribution < -0.4 is 10.1 Å². The molecular weight excluding hydrogens is 444 g/mol. The highest BCUT2D eigenvalue weighted by Gasteiger charge is 2.25. The molecule has 1 N–H and O–H groups in total. The SMILES string of the molecule is CCOC(=O)c1c(-c2cccs2)csc1NC(=O)c1cc([N+](=O)[O-])ccc1OC(C)=O. The van der Waals surface area contributed by atoms with Gasteiger partial charge in [0, 0.05) is 34.9 Å². The standard InChI is InChI=1S/C20H16N2O7S2/c1-3-28-20(25)17-14(16-5-4-8-30-16)10-31-19(17)21-18(24)13-9-12(22(26)27)6-7-15(13)29-11(2)23/h4-10H,3H2,1-2H3,(H,21,24). The van der Waals surface area contributed by atoms with Crippen LogP contribution >= 0.6 is 22.7 Å². The molecule has 160 valence electrons. The maximum Gasteiger partial charge on any atom is 0.341 e. The Kier molecular flexibility index (Phi) is 6.78. The van der Waals surface area contributed by atoms with E-state index < -0.39 is 22.8 Å². The number of carbonyl (C=O) groups excluding carboxylic acids is 3. The summed E-state index contributed by atoms with van der Waals surface area (Å²) in [4.78, 5) is 48.2. The lowest BCUT2D eigenvalue weighted by molar-refractivity contribution is -0.384. The summed E-state index contributed by atoms with van der Waals surface area (Å²) >= 11 is 2.54. The first-order chi connectivity index (χ1) is 14.8. The van der Waals surface area contributed by atoms with Crippen molar-refractivity contribution in [3.05, 3.63) is 62.3 Å². The van der Waals surface area contributed by atoms with Gasteiger partial charge in [0.2, 0.25) is 0 Å². The Labute approximate surface area is 184 Å². The number of nitro benzene ring substituents is 1. The molecule has 0 aliphatic carbocycles. The number of amides is 1. The van der Waals surface area contributed by atoms with Crippen molar-refractivity contribution in [3.63, 3.8) is 0 Å². The maximum atomic E-state index is 13.0. The molecule has 3 rings (SSSR count). The molecule has 0 bridgehead atoms. The maximum absolute atomic E-state index is 13.0. The molecule has 0 atom stereocenters. The number of nitro groups is 1. The molecule has 0 spiro atoms. The van der Waals surface area contributed by atoms with Crippen LogP contribution in [0.25, 0.3) is 10.4 Å². The molecule has 0 saturated carbocycles. The fraction of sp³-hybridized carbons (Fsp3) is 0.150. The van der Waals surface area contributed by atoms with E-state index in [1.165, 1.54) is 17.4 Å². The third kappa shape index (κ3) is 4.95. The number of non-ortho nitro benzene ring substituents is 1. The zero-order valence-electron chi connectivity index (χ0n) is 16.4. The molecule has 3 aromatic rings. The van der Waals surface area contributed by atoms with E-state index in [1.54, 1.807) is 12.3 Å². The first-order valence-corrected chi connectivity index (χ1v) is 10.7. The Morgan fingerprint density at radius 1 is 1.19 bits per heavy atom. The summed E-state index contributed by atoms with van der Waals surface area (Å²) in [5.74, 6) is -2.21. The Hall–Kier alpha value is -3.57. The molecule has 2 aromatic heterocycles. The lowest BCUT2D eigenvalue weighted by atomic mass is 10.1. The molecule has 11 heteroatoms. The molecule has 0 aliphatic heterocycles. The van der Waals surface area contributed by atoms with Crippen molar-refractivity contribution < 1.29 is 28.8 Å². The number of nitrogens with one attached hydrogen (secondary N) is 1. The highest BCUT2D eigenvalue weighted by molar-refractivity contribution is 7.17. The van der Waals surface area contributed by atoms with Gasteiger partial charge in [-0.05, 0) is 24.4 Å². The summed E-state index contributed by atoms with van der Waals surface area (Å²) in [7, 11) is 0. The lowest BCUT2D eigenvalue weighted by Crippen LogP contribution is -2.17. The van der Waals surface area contributed by atoms with Gasteiger partial charge in [0.25, 0.3) is 11.6 Å². The quantitative estimate of drug-likeness (QED) is 0.234. The second-order valence-corrected chi connectivity index (χ2v) is 7.86. The fourth-order valence-corrected chi connectivity index (χ4v) is 4.46. The zero-order chi connectivity index (χ0) is 22.5. The van der Waals surface area contributed by atoms with E-state index in [4.69, 9.17) is 9.47 Å². The van der Waals surface area contributed by atoms with Crippen LogP contribution in [0.15, 0.2) is 41.1 Å². The minimum absolute atomic E-state index is 0.136. The molecule has 1 aromatic carbocycles. The largest absolute Gasteiger partial charge is 0.462 e. The summed E-state index contributed by atoms with van der Waals surface area (Å²) in [5, 5.41) is 17.5. The van der Waals surface area contributed by atoms with E-state index >= 15 is 0 Å². The van der Waals surface area contributed by atoms with Crippen molar-refractivity contribution in [2.45, 2.75) is 13.8 Å². The molecular formula is C20H16N2O7S2. The molecule has 1 amide bonds. The Morgan fingerprint density at radius 3 is 2.58 bits per heavy atom. The van der Waals surface area contributed by atoms with E-state index in [2.05, 4.69) is 5.32 Å². The summed E-state index contributed by atoms with van der Waals surface area (Å²) in [5.41, 5.74) is 0.220. The molecule has 0 aliphatic rings. The van der Waals surface area contributed by atoms with E-state index in [9.17, 15) is 24.5 Å². The number of thiophene rings is 2. The predicted octanol–water partition coefficient (Wildman–Crippen LogP) is 4.74. The molecule has 2 heterocycles. The molecule has 0 radical (unpaired) electrons. The van der Waals surface area contributed by atoms with Gasteiger partial charge < -0.3 is 14.8 Å². The molecule has 0 fully saturated rings. The van der Waals surface area contributed by atoms with Gasteiger partial charge in [0.15, 0.2) is 0 Å². The van der Waals surface area contributed by atoms with Crippen molar-refractivity contribution in [1.29, 1.82) is 0 Å². The number of anilines is 1. The van der Waals surface area contributed by atoms with Gasteiger partial charge in [-0.1, -0.05) is 6.07 Å². The van der Waals surface area contributed by atoms with Crippen LogP contribution in [0.5, 0.6) is 5.75 Å². The minimum Gasteiger partial charge on any atom is -0.462 e. The number of carbonyl (C=O) groups is 3. The van der Waals surface area contributed by atoms with E-state index in [1.807, 2.05) is 17.5 Å². The van der Waals surface area contributed by atoms with Crippen molar-refractivity contribution in [2.24, 2.45) is 0 Å². The summed E-state index contributed by atoms with van der Waals surface area (Å²) in [6.45, 7) is 2.96. The molecule has 9 nitrogen and oxygen atoms in total. The van der Waals surface area contributed by atoms with Crippen LogP contribution in [0.2, 0.25) is 0 Å². The first kappa shape index (κ1) is 22.1. The number of rotatable bonds is 7. The van der Waals surface area contributed by atoms with Crippen LogP contribution in [0.3, 0.4) is 0 Å². The average Bonchev–Trinajstić information content (AvgIpc) is 3.37. The number of nitrogens with zero attached hydrogens (tertiary/aromatic N) is 1. The normalized spacial score (nSPS) is 10.4. The first-order valence-electron chi connectivity index (χ1n) is 8.92. The second-order valence-electron chi connectivity index (χ2n) is 6.04. The van der Waals surface area contributed by atoms with Gasteiger partial charge >= 0.3 is 11.9 Å². The number of hydrogen-bond acceptors (Lipinski definition) is 9. The number of benzene rings is 1. The van der Waals surface area contributed by atoms with Crippen LogP contribution in [0.4, 0.5) is 10.7 Å². The number of hydrogen-bond donors (Lipinski definition) is 1. The Bertz CT molecular complexity index is 1150. The Balaban J connectivity index is 2.02. The Morgan fingerprint density at radius 2 is 1.97 bits per heavy atom. The third-order valence-corrected chi connectivity index (χ3v) is 5.76. The van der Waals surface area contributed by atoms with Gasteiger partial charge in [0.05, 0.1) is 17.1 Å². The van der Waals surface area contributed by atoms with Crippen LogP contribution in [0, 0.1) is 10.1 Å². The van der Waals surface area contributed by atoms with Gasteiger partial charge in [-0.3, -0.25) is 19.7 Å². The third-order valence-electron chi connectivity index (χ3n) is 3.96. The minimum atomic E-state index is -0.773. The summed E-state index contributed by atoms with van der Waals surface area (Å²) in [6, 6.07) is 6.97. The average molecular weight is 460 g/mol.